The minimum absolute atomic E-state index is 0.0935. The van der Waals surface area contributed by atoms with E-state index in [2.05, 4.69) is 17.4 Å². The van der Waals surface area contributed by atoms with E-state index in [1.54, 1.807) is 12.1 Å². The van der Waals surface area contributed by atoms with Gasteiger partial charge in [-0.2, -0.15) is 0 Å². The van der Waals surface area contributed by atoms with Crippen LogP contribution in [0.4, 0.5) is 11.4 Å². The molecule has 0 bridgehead atoms. The van der Waals surface area contributed by atoms with Gasteiger partial charge in [0, 0.05) is 11.4 Å². The van der Waals surface area contributed by atoms with Crippen molar-refractivity contribution in [2.24, 2.45) is 0 Å². The largest absolute Gasteiger partial charge is 0.399 e. The van der Waals surface area contributed by atoms with Gasteiger partial charge >= 0.3 is 0 Å². The van der Waals surface area contributed by atoms with Gasteiger partial charge in [-0.05, 0) is 42.7 Å². The second kappa shape index (κ2) is 5.60. The topological polar surface area (TPSA) is 55.1 Å². The van der Waals surface area contributed by atoms with Crippen molar-refractivity contribution < 1.29 is 4.79 Å². The maximum atomic E-state index is 12.9. The van der Waals surface area contributed by atoms with Crippen molar-refractivity contribution >= 4 is 17.3 Å². The molecule has 0 heterocycles. The molecular formula is C18H20N2O. The zero-order chi connectivity index (χ0) is 14.7. The van der Waals surface area contributed by atoms with Gasteiger partial charge in [0.2, 0.25) is 5.91 Å². The summed E-state index contributed by atoms with van der Waals surface area (Å²) in [6.07, 6.45) is 4.03. The number of benzene rings is 2. The quantitative estimate of drug-likeness (QED) is 0.842. The van der Waals surface area contributed by atoms with Crippen molar-refractivity contribution in [1.82, 2.24) is 0 Å². The van der Waals surface area contributed by atoms with Gasteiger partial charge in [-0.1, -0.05) is 43.2 Å². The summed E-state index contributed by atoms with van der Waals surface area (Å²) in [5.41, 5.74) is 7.92. The molecule has 0 atom stereocenters. The summed E-state index contributed by atoms with van der Waals surface area (Å²) >= 11 is 0. The predicted octanol–water partition coefficient (Wildman–Crippen LogP) is 3.72. The molecule has 1 fully saturated rings. The first-order valence-corrected chi connectivity index (χ1v) is 7.43. The number of carbonyl (C=O) groups is 1. The SMILES string of the molecule is Nc1ccc(NC(=O)C2(c3ccccc3)CCCC2)cc1. The molecule has 0 aliphatic heterocycles. The number of nitrogens with two attached hydrogens (primary N) is 1. The van der Waals surface area contributed by atoms with Crippen LogP contribution in [0, 0.1) is 0 Å². The van der Waals surface area contributed by atoms with E-state index in [1.165, 1.54) is 0 Å². The number of amides is 1. The second-order valence-electron chi connectivity index (χ2n) is 5.73. The summed E-state index contributed by atoms with van der Waals surface area (Å²) in [5, 5.41) is 3.06. The van der Waals surface area contributed by atoms with Crippen LogP contribution in [0.5, 0.6) is 0 Å². The fourth-order valence-corrected chi connectivity index (χ4v) is 3.20. The lowest BCUT2D eigenvalue weighted by atomic mass is 9.78. The monoisotopic (exact) mass is 280 g/mol. The number of carbonyl (C=O) groups excluding carboxylic acids is 1. The fourth-order valence-electron chi connectivity index (χ4n) is 3.20. The minimum atomic E-state index is -0.386. The molecule has 1 aliphatic carbocycles. The molecule has 2 aromatic carbocycles. The van der Waals surface area contributed by atoms with Crippen LogP contribution in [-0.4, -0.2) is 5.91 Å². The number of rotatable bonds is 3. The summed E-state index contributed by atoms with van der Waals surface area (Å²) in [6.45, 7) is 0. The Morgan fingerprint density at radius 1 is 0.952 bits per heavy atom. The first-order chi connectivity index (χ1) is 10.2. The van der Waals surface area contributed by atoms with Gasteiger partial charge in [0.1, 0.15) is 0 Å². The summed E-state index contributed by atoms with van der Waals surface area (Å²) in [7, 11) is 0. The van der Waals surface area contributed by atoms with Crippen LogP contribution in [0.3, 0.4) is 0 Å². The standard InChI is InChI=1S/C18H20N2O/c19-15-8-10-16(11-9-15)20-17(21)18(12-4-5-13-18)14-6-2-1-3-7-14/h1-3,6-11H,4-5,12-13,19H2,(H,20,21). The van der Waals surface area contributed by atoms with Crippen LogP contribution in [-0.2, 0) is 10.2 Å². The molecule has 108 valence electrons. The Morgan fingerprint density at radius 3 is 2.19 bits per heavy atom. The summed E-state index contributed by atoms with van der Waals surface area (Å²) in [5.74, 6) is 0.0935. The molecule has 2 aromatic rings. The summed E-state index contributed by atoms with van der Waals surface area (Å²) in [4.78, 5) is 12.9. The Labute approximate surface area is 125 Å². The average molecular weight is 280 g/mol. The molecule has 0 unspecified atom stereocenters. The Kier molecular flexibility index (Phi) is 3.65. The van der Waals surface area contributed by atoms with Crippen molar-refractivity contribution in [2.75, 3.05) is 11.1 Å². The maximum absolute atomic E-state index is 12.9. The highest BCUT2D eigenvalue weighted by molar-refractivity contribution is 5.99. The third-order valence-corrected chi connectivity index (χ3v) is 4.39. The van der Waals surface area contributed by atoms with Gasteiger partial charge in [0.25, 0.3) is 0 Å². The number of hydrogen-bond acceptors (Lipinski definition) is 2. The Morgan fingerprint density at radius 2 is 1.57 bits per heavy atom. The zero-order valence-corrected chi connectivity index (χ0v) is 12.0. The number of anilines is 2. The second-order valence-corrected chi connectivity index (χ2v) is 5.73. The number of hydrogen-bond donors (Lipinski definition) is 2. The lowest BCUT2D eigenvalue weighted by Gasteiger charge is -2.28. The molecule has 3 nitrogen and oxygen atoms in total. The minimum Gasteiger partial charge on any atom is -0.399 e. The molecule has 1 saturated carbocycles. The summed E-state index contributed by atoms with van der Waals surface area (Å²) in [6, 6.07) is 17.4. The van der Waals surface area contributed by atoms with Gasteiger partial charge in [-0.3, -0.25) is 4.79 Å². The van der Waals surface area contributed by atoms with Crippen LogP contribution < -0.4 is 11.1 Å². The first-order valence-electron chi connectivity index (χ1n) is 7.43. The maximum Gasteiger partial charge on any atom is 0.235 e. The van der Waals surface area contributed by atoms with Gasteiger partial charge in [-0.25, -0.2) is 0 Å². The molecule has 0 saturated heterocycles. The molecule has 3 N–H and O–H groups in total. The van der Waals surface area contributed by atoms with E-state index in [1.807, 2.05) is 30.3 Å². The highest BCUT2D eigenvalue weighted by atomic mass is 16.2. The number of nitrogens with one attached hydrogen (secondary N) is 1. The van der Waals surface area contributed by atoms with Crippen molar-refractivity contribution in [3.8, 4) is 0 Å². The van der Waals surface area contributed by atoms with E-state index < -0.39 is 0 Å². The highest BCUT2D eigenvalue weighted by Gasteiger charge is 2.42. The van der Waals surface area contributed by atoms with E-state index in [0.29, 0.717) is 5.69 Å². The van der Waals surface area contributed by atoms with E-state index in [4.69, 9.17) is 5.73 Å². The number of nitrogen functional groups attached to an aromatic ring is 1. The molecular weight excluding hydrogens is 260 g/mol. The molecule has 21 heavy (non-hydrogen) atoms. The van der Waals surface area contributed by atoms with Gasteiger partial charge in [0.15, 0.2) is 0 Å². The Balaban J connectivity index is 1.87. The van der Waals surface area contributed by atoms with Crippen molar-refractivity contribution in [3.63, 3.8) is 0 Å². The van der Waals surface area contributed by atoms with Crippen LogP contribution >= 0.6 is 0 Å². The normalized spacial score (nSPS) is 16.6. The van der Waals surface area contributed by atoms with Gasteiger partial charge in [0.05, 0.1) is 5.41 Å². The van der Waals surface area contributed by atoms with Crippen LogP contribution in [0.25, 0.3) is 0 Å². The molecule has 0 aromatic heterocycles. The van der Waals surface area contributed by atoms with Crippen molar-refractivity contribution in [3.05, 3.63) is 60.2 Å². The van der Waals surface area contributed by atoms with Crippen LogP contribution in [0.1, 0.15) is 31.2 Å². The lowest BCUT2D eigenvalue weighted by Crippen LogP contribution is -2.37. The molecule has 1 aliphatic rings. The molecule has 0 spiro atoms. The van der Waals surface area contributed by atoms with Crippen molar-refractivity contribution in [2.45, 2.75) is 31.1 Å². The lowest BCUT2D eigenvalue weighted by molar-refractivity contribution is -0.121. The van der Waals surface area contributed by atoms with Crippen LogP contribution in [0.15, 0.2) is 54.6 Å². The first kappa shape index (κ1) is 13.7. The molecule has 0 radical (unpaired) electrons. The Hall–Kier alpha value is -2.29. The molecule has 1 amide bonds. The van der Waals surface area contributed by atoms with E-state index in [0.717, 1.165) is 36.9 Å². The summed E-state index contributed by atoms with van der Waals surface area (Å²) < 4.78 is 0. The van der Waals surface area contributed by atoms with Crippen LogP contribution in [0.2, 0.25) is 0 Å². The van der Waals surface area contributed by atoms with E-state index in [9.17, 15) is 4.79 Å². The van der Waals surface area contributed by atoms with E-state index in [-0.39, 0.29) is 11.3 Å². The smallest absolute Gasteiger partial charge is 0.235 e. The highest BCUT2D eigenvalue weighted by Crippen LogP contribution is 2.42. The average Bonchev–Trinajstić information content (AvgIpc) is 3.01. The zero-order valence-electron chi connectivity index (χ0n) is 12.0. The van der Waals surface area contributed by atoms with Crippen molar-refractivity contribution in [1.29, 1.82) is 0 Å². The van der Waals surface area contributed by atoms with Gasteiger partial charge < -0.3 is 11.1 Å². The Bertz CT molecular complexity index is 613. The fraction of sp³-hybridized carbons (Fsp3) is 0.278. The molecule has 3 rings (SSSR count). The predicted molar refractivity (Wildman–Crippen MR) is 86.1 cm³/mol. The van der Waals surface area contributed by atoms with E-state index >= 15 is 0 Å². The van der Waals surface area contributed by atoms with Gasteiger partial charge in [-0.15, -0.1) is 0 Å². The third kappa shape index (κ3) is 2.64. The third-order valence-electron chi connectivity index (χ3n) is 4.39. The molecule has 3 heteroatoms.